The number of allylic oxidation sites excluding steroid dienone is 3. The Labute approximate surface area is 186 Å². The van der Waals surface area contributed by atoms with Crippen molar-refractivity contribution in [2.45, 2.75) is 26.3 Å². The third kappa shape index (κ3) is 4.69. The third-order valence-corrected chi connectivity index (χ3v) is 5.32. The molecule has 1 aromatic rings. The number of nitrogens with zero attached hydrogens (tertiary/aromatic N) is 1. The summed E-state index contributed by atoms with van der Waals surface area (Å²) in [5.74, 6) is -1.92. The Bertz CT molecular complexity index is 1100. The zero-order valence-electron chi connectivity index (χ0n) is 18.1. The van der Waals surface area contributed by atoms with E-state index in [1.54, 1.807) is 12.1 Å². The van der Waals surface area contributed by atoms with Crippen molar-refractivity contribution in [3.05, 3.63) is 77.2 Å². The van der Waals surface area contributed by atoms with Gasteiger partial charge in [0, 0.05) is 19.0 Å². The summed E-state index contributed by atoms with van der Waals surface area (Å²) in [6, 6.07) is 5.44. The minimum Gasteiger partial charge on any atom is -0.464 e. The lowest BCUT2D eigenvalue weighted by Gasteiger charge is -2.19. The zero-order valence-corrected chi connectivity index (χ0v) is 18.1. The number of esters is 1. The predicted molar refractivity (Wildman–Crippen MR) is 119 cm³/mol. The Kier molecular flexibility index (Phi) is 6.73. The molecule has 2 N–H and O–H groups in total. The number of methoxy groups -OCH3 is 1. The van der Waals surface area contributed by atoms with Crippen molar-refractivity contribution in [1.82, 2.24) is 15.5 Å². The highest BCUT2D eigenvalue weighted by atomic mass is 16.5. The third-order valence-electron chi connectivity index (χ3n) is 5.32. The summed E-state index contributed by atoms with van der Waals surface area (Å²) in [6.45, 7) is 9.32. The molecule has 0 spiro atoms. The SMILES string of the molecule is C=C(NC(=O)C(=C)N1Cc2c(cccc2C2=CCCC(CNC(C)=O)=C2)C1=O)C(=O)OC. The van der Waals surface area contributed by atoms with E-state index in [-0.39, 0.29) is 29.8 Å². The standard InChI is InChI=1S/C24H25N3O5/c1-14(24(31)32-4)26-22(29)15(2)27-13-21-19(9-6-10-20(21)23(27)30)18-8-5-7-17(11-18)12-25-16(3)28/h6,8-11H,1-2,5,7,12-13H2,3-4H3,(H,25,28)(H,26,29). The van der Waals surface area contributed by atoms with Crippen molar-refractivity contribution in [3.63, 3.8) is 0 Å². The Morgan fingerprint density at radius 2 is 1.91 bits per heavy atom. The maximum atomic E-state index is 13.0. The number of carbonyl (C=O) groups excluding carboxylic acids is 4. The van der Waals surface area contributed by atoms with Crippen LogP contribution in [0.5, 0.6) is 0 Å². The fraction of sp³-hybridized carbons (Fsp3) is 0.250. The summed E-state index contributed by atoms with van der Waals surface area (Å²) >= 11 is 0. The van der Waals surface area contributed by atoms with Crippen LogP contribution in [0.4, 0.5) is 0 Å². The van der Waals surface area contributed by atoms with Crippen LogP contribution in [0.2, 0.25) is 0 Å². The number of hydrogen-bond acceptors (Lipinski definition) is 5. The number of nitrogens with one attached hydrogen (secondary N) is 2. The lowest BCUT2D eigenvalue weighted by Crippen LogP contribution is -2.36. The van der Waals surface area contributed by atoms with Gasteiger partial charge >= 0.3 is 5.97 Å². The molecule has 1 heterocycles. The molecule has 0 saturated heterocycles. The zero-order chi connectivity index (χ0) is 23.4. The quantitative estimate of drug-likeness (QED) is 0.505. The van der Waals surface area contributed by atoms with Crippen LogP contribution in [-0.4, -0.2) is 42.2 Å². The van der Waals surface area contributed by atoms with Gasteiger partial charge in [-0.2, -0.15) is 0 Å². The first-order chi connectivity index (χ1) is 15.2. The fourth-order valence-electron chi connectivity index (χ4n) is 3.66. The van der Waals surface area contributed by atoms with Crippen LogP contribution in [0, 0.1) is 0 Å². The van der Waals surface area contributed by atoms with Gasteiger partial charge in [0.05, 0.1) is 13.7 Å². The number of ether oxygens (including phenoxy) is 1. The van der Waals surface area contributed by atoms with Gasteiger partial charge in [0.15, 0.2) is 0 Å². The van der Waals surface area contributed by atoms with Crippen LogP contribution < -0.4 is 10.6 Å². The highest BCUT2D eigenvalue weighted by Gasteiger charge is 2.34. The summed E-state index contributed by atoms with van der Waals surface area (Å²) in [4.78, 5) is 49.5. The number of carbonyl (C=O) groups is 4. The van der Waals surface area contributed by atoms with E-state index in [1.165, 1.54) is 18.9 Å². The average Bonchev–Trinajstić information content (AvgIpc) is 3.13. The van der Waals surface area contributed by atoms with Gasteiger partial charge in [0.25, 0.3) is 11.8 Å². The van der Waals surface area contributed by atoms with E-state index in [0.717, 1.165) is 35.1 Å². The van der Waals surface area contributed by atoms with Crippen LogP contribution in [0.3, 0.4) is 0 Å². The monoisotopic (exact) mass is 435 g/mol. The van der Waals surface area contributed by atoms with E-state index in [1.807, 2.05) is 12.1 Å². The van der Waals surface area contributed by atoms with Gasteiger partial charge in [0.2, 0.25) is 5.91 Å². The summed E-state index contributed by atoms with van der Waals surface area (Å²) in [7, 11) is 1.17. The van der Waals surface area contributed by atoms with Gasteiger partial charge in [-0.25, -0.2) is 4.79 Å². The molecule has 0 saturated carbocycles. The minimum atomic E-state index is -0.782. The molecule has 166 valence electrons. The van der Waals surface area contributed by atoms with E-state index in [2.05, 4.69) is 34.6 Å². The van der Waals surface area contributed by atoms with Crippen molar-refractivity contribution in [3.8, 4) is 0 Å². The molecule has 8 heteroatoms. The maximum Gasteiger partial charge on any atom is 0.353 e. The molecular formula is C24H25N3O5. The molecule has 1 aliphatic heterocycles. The first kappa shape index (κ1) is 22.7. The number of fused-ring (bicyclic) bond motifs is 1. The van der Waals surface area contributed by atoms with Crippen molar-refractivity contribution in [2.75, 3.05) is 13.7 Å². The summed E-state index contributed by atoms with van der Waals surface area (Å²) in [6.07, 6.45) is 5.81. The maximum absolute atomic E-state index is 13.0. The molecular weight excluding hydrogens is 410 g/mol. The van der Waals surface area contributed by atoms with Gasteiger partial charge in [-0.05, 0) is 35.6 Å². The van der Waals surface area contributed by atoms with Crippen LogP contribution in [-0.2, 0) is 25.7 Å². The summed E-state index contributed by atoms with van der Waals surface area (Å²) in [5.41, 5.74) is 3.91. The smallest absolute Gasteiger partial charge is 0.353 e. The molecule has 0 atom stereocenters. The lowest BCUT2D eigenvalue weighted by molar-refractivity contribution is -0.137. The molecule has 3 amide bonds. The Balaban J connectivity index is 1.81. The molecule has 0 bridgehead atoms. The van der Waals surface area contributed by atoms with E-state index >= 15 is 0 Å². The van der Waals surface area contributed by atoms with Gasteiger partial charge in [-0.15, -0.1) is 0 Å². The van der Waals surface area contributed by atoms with Crippen LogP contribution in [0.15, 0.2) is 60.5 Å². The molecule has 8 nitrogen and oxygen atoms in total. The second kappa shape index (κ2) is 9.47. The molecule has 0 fully saturated rings. The molecule has 32 heavy (non-hydrogen) atoms. The van der Waals surface area contributed by atoms with E-state index in [9.17, 15) is 19.2 Å². The van der Waals surface area contributed by atoms with Gasteiger partial charge in [0.1, 0.15) is 11.4 Å². The number of benzene rings is 1. The topological polar surface area (TPSA) is 105 Å². The van der Waals surface area contributed by atoms with Crippen LogP contribution >= 0.6 is 0 Å². The first-order valence-corrected chi connectivity index (χ1v) is 10.1. The average molecular weight is 435 g/mol. The molecule has 2 aliphatic rings. The summed E-state index contributed by atoms with van der Waals surface area (Å²) in [5, 5.41) is 5.12. The molecule has 0 radical (unpaired) electrons. The van der Waals surface area contributed by atoms with E-state index in [4.69, 9.17) is 0 Å². The highest BCUT2D eigenvalue weighted by molar-refractivity contribution is 6.07. The van der Waals surface area contributed by atoms with Gasteiger partial charge in [-0.3, -0.25) is 19.3 Å². The first-order valence-electron chi connectivity index (χ1n) is 10.1. The Morgan fingerprint density at radius 1 is 1.19 bits per heavy atom. The van der Waals surface area contributed by atoms with Crippen molar-refractivity contribution in [2.24, 2.45) is 0 Å². The second-order valence-electron chi connectivity index (χ2n) is 7.50. The van der Waals surface area contributed by atoms with Crippen LogP contribution in [0.25, 0.3) is 5.57 Å². The van der Waals surface area contributed by atoms with E-state index in [0.29, 0.717) is 12.1 Å². The van der Waals surface area contributed by atoms with Gasteiger partial charge < -0.3 is 15.4 Å². The second-order valence-corrected chi connectivity index (χ2v) is 7.50. The van der Waals surface area contributed by atoms with E-state index < -0.39 is 11.9 Å². The highest BCUT2D eigenvalue weighted by Crippen LogP contribution is 2.34. The number of hydrogen-bond donors (Lipinski definition) is 2. The van der Waals surface area contributed by atoms with Gasteiger partial charge in [-0.1, -0.05) is 43.0 Å². The molecule has 0 unspecified atom stereocenters. The summed E-state index contributed by atoms with van der Waals surface area (Å²) < 4.78 is 4.51. The fourth-order valence-corrected chi connectivity index (χ4v) is 3.66. The lowest BCUT2D eigenvalue weighted by atomic mass is 9.90. The molecule has 1 aromatic carbocycles. The normalized spacial score (nSPS) is 14.7. The molecule has 3 rings (SSSR count). The number of amides is 3. The molecule has 1 aliphatic carbocycles. The molecule has 0 aromatic heterocycles. The minimum absolute atomic E-state index is 0.0875. The van der Waals surface area contributed by atoms with Crippen LogP contribution in [0.1, 0.15) is 41.3 Å². The largest absolute Gasteiger partial charge is 0.464 e. The number of rotatable bonds is 7. The van der Waals surface area contributed by atoms with Crippen molar-refractivity contribution >= 4 is 29.3 Å². The van der Waals surface area contributed by atoms with Crippen molar-refractivity contribution in [1.29, 1.82) is 0 Å². The Hall–Kier alpha value is -3.94. The van der Waals surface area contributed by atoms with Crippen molar-refractivity contribution < 1.29 is 23.9 Å². The predicted octanol–water partition coefficient (Wildman–Crippen LogP) is 2.20. The Morgan fingerprint density at radius 3 is 2.59 bits per heavy atom.